The summed E-state index contributed by atoms with van der Waals surface area (Å²) < 4.78 is 10.3. The van der Waals surface area contributed by atoms with Crippen LogP contribution in [0.4, 0.5) is 0 Å². The van der Waals surface area contributed by atoms with Crippen molar-refractivity contribution < 1.29 is 14.3 Å². The second kappa shape index (κ2) is 5.14. The summed E-state index contributed by atoms with van der Waals surface area (Å²) in [6, 6.07) is 3.20. The van der Waals surface area contributed by atoms with Gasteiger partial charge in [0.2, 0.25) is 5.88 Å². The number of rotatable bonds is 4. The Bertz CT molecular complexity index is 402. The SMILES string of the molecule is COC(=O)c1ccnc(OC2CC(CN)C2)c1. The largest absolute Gasteiger partial charge is 0.474 e. The number of pyridine rings is 1. The zero-order valence-corrected chi connectivity index (χ0v) is 9.76. The van der Waals surface area contributed by atoms with Gasteiger partial charge in [-0.05, 0) is 31.4 Å². The molecule has 0 aromatic carbocycles. The highest BCUT2D eigenvalue weighted by Gasteiger charge is 2.29. The summed E-state index contributed by atoms with van der Waals surface area (Å²) in [5.74, 6) is 0.642. The van der Waals surface area contributed by atoms with E-state index < -0.39 is 0 Å². The number of esters is 1. The molecule has 2 rings (SSSR count). The molecule has 0 bridgehead atoms. The molecule has 1 heterocycles. The molecule has 1 saturated carbocycles. The molecule has 1 fully saturated rings. The lowest BCUT2D eigenvalue weighted by molar-refractivity contribution is 0.0584. The first-order valence-corrected chi connectivity index (χ1v) is 5.64. The molecule has 0 saturated heterocycles. The molecular weight excluding hydrogens is 220 g/mol. The van der Waals surface area contributed by atoms with E-state index in [1.165, 1.54) is 7.11 Å². The van der Waals surface area contributed by atoms with Crippen LogP contribution >= 0.6 is 0 Å². The monoisotopic (exact) mass is 236 g/mol. The van der Waals surface area contributed by atoms with Crippen LogP contribution < -0.4 is 10.5 Å². The zero-order valence-electron chi connectivity index (χ0n) is 9.76. The fraction of sp³-hybridized carbons (Fsp3) is 0.500. The van der Waals surface area contributed by atoms with Crippen LogP contribution in [0.2, 0.25) is 0 Å². The lowest BCUT2D eigenvalue weighted by atomic mass is 9.82. The fourth-order valence-corrected chi connectivity index (χ4v) is 1.85. The number of methoxy groups -OCH3 is 1. The Morgan fingerprint density at radius 3 is 3.00 bits per heavy atom. The summed E-state index contributed by atoms with van der Waals surface area (Å²) >= 11 is 0. The first-order chi connectivity index (χ1) is 8.22. The van der Waals surface area contributed by atoms with Gasteiger partial charge < -0.3 is 15.2 Å². The molecular formula is C12H16N2O3. The van der Waals surface area contributed by atoms with Crippen LogP contribution in [-0.4, -0.2) is 30.7 Å². The van der Waals surface area contributed by atoms with E-state index in [4.69, 9.17) is 10.5 Å². The molecule has 0 unspecified atom stereocenters. The van der Waals surface area contributed by atoms with Gasteiger partial charge in [-0.15, -0.1) is 0 Å². The molecule has 17 heavy (non-hydrogen) atoms. The minimum atomic E-state index is -0.384. The Morgan fingerprint density at radius 2 is 2.35 bits per heavy atom. The number of carbonyl (C=O) groups is 1. The molecule has 0 aliphatic heterocycles. The number of carbonyl (C=O) groups excluding carboxylic acids is 1. The normalized spacial score (nSPS) is 22.7. The first kappa shape index (κ1) is 11.9. The number of aromatic nitrogens is 1. The van der Waals surface area contributed by atoms with E-state index in [-0.39, 0.29) is 12.1 Å². The van der Waals surface area contributed by atoms with Crippen LogP contribution in [0, 0.1) is 5.92 Å². The summed E-state index contributed by atoms with van der Waals surface area (Å²) in [7, 11) is 1.35. The second-order valence-corrected chi connectivity index (χ2v) is 4.19. The van der Waals surface area contributed by atoms with E-state index >= 15 is 0 Å². The summed E-state index contributed by atoms with van der Waals surface area (Å²) in [5.41, 5.74) is 5.99. The Morgan fingerprint density at radius 1 is 1.59 bits per heavy atom. The van der Waals surface area contributed by atoms with Gasteiger partial charge in [-0.2, -0.15) is 0 Å². The van der Waals surface area contributed by atoms with Gasteiger partial charge >= 0.3 is 5.97 Å². The number of nitrogens with zero attached hydrogens (tertiary/aromatic N) is 1. The molecule has 0 amide bonds. The second-order valence-electron chi connectivity index (χ2n) is 4.19. The Labute approximate surface area is 99.9 Å². The van der Waals surface area contributed by atoms with Crippen molar-refractivity contribution in [2.75, 3.05) is 13.7 Å². The third kappa shape index (κ3) is 2.74. The minimum absolute atomic E-state index is 0.170. The first-order valence-electron chi connectivity index (χ1n) is 5.64. The molecule has 1 aromatic heterocycles. The number of hydrogen-bond acceptors (Lipinski definition) is 5. The fourth-order valence-electron chi connectivity index (χ4n) is 1.85. The number of hydrogen-bond donors (Lipinski definition) is 1. The van der Waals surface area contributed by atoms with Crippen LogP contribution in [0.25, 0.3) is 0 Å². The molecule has 0 radical (unpaired) electrons. The van der Waals surface area contributed by atoms with Gasteiger partial charge in [0.25, 0.3) is 0 Å². The molecule has 1 aliphatic carbocycles. The van der Waals surface area contributed by atoms with E-state index in [1.807, 2.05) is 0 Å². The summed E-state index contributed by atoms with van der Waals surface area (Å²) in [4.78, 5) is 15.4. The maximum absolute atomic E-state index is 11.3. The van der Waals surface area contributed by atoms with Crippen molar-refractivity contribution in [1.82, 2.24) is 4.98 Å². The predicted molar refractivity (Wildman–Crippen MR) is 61.8 cm³/mol. The van der Waals surface area contributed by atoms with Crippen LogP contribution in [0.15, 0.2) is 18.3 Å². The predicted octanol–water partition coefficient (Wildman–Crippen LogP) is 0.984. The highest BCUT2D eigenvalue weighted by Crippen LogP contribution is 2.29. The van der Waals surface area contributed by atoms with Crippen LogP contribution in [0.3, 0.4) is 0 Å². The molecule has 5 nitrogen and oxygen atoms in total. The molecule has 5 heteroatoms. The smallest absolute Gasteiger partial charge is 0.338 e. The van der Waals surface area contributed by atoms with E-state index in [1.54, 1.807) is 18.3 Å². The van der Waals surface area contributed by atoms with E-state index in [2.05, 4.69) is 9.72 Å². The highest BCUT2D eigenvalue weighted by molar-refractivity contribution is 5.89. The third-order valence-corrected chi connectivity index (χ3v) is 2.97. The van der Waals surface area contributed by atoms with E-state index in [0.29, 0.717) is 23.9 Å². The summed E-state index contributed by atoms with van der Waals surface area (Å²) in [5, 5.41) is 0. The maximum atomic E-state index is 11.3. The van der Waals surface area contributed by atoms with Gasteiger partial charge in [0.1, 0.15) is 6.10 Å². The van der Waals surface area contributed by atoms with Crippen molar-refractivity contribution in [2.45, 2.75) is 18.9 Å². The molecule has 0 atom stereocenters. The average molecular weight is 236 g/mol. The Kier molecular flexibility index (Phi) is 3.58. The average Bonchev–Trinajstić information content (AvgIpc) is 2.32. The quantitative estimate of drug-likeness (QED) is 0.789. The lowest BCUT2D eigenvalue weighted by Gasteiger charge is -2.34. The third-order valence-electron chi connectivity index (χ3n) is 2.97. The van der Waals surface area contributed by atoms with Gasteiger partial charge in [-0.3, -0.25) is 0 Å². The molecule has 2 N–H and O–H groups in total. The molecule has 0 spiro atoms. The maximum Gasteiger partial charge on any atom is 0.338 e. The van der Waals surface area contributed by atoms with E-state index in [0.717, 1.165) is 12.8 Å². The zero-order chi connectivity index (χ0) is 12.3. The number of nitrogens with two attached hydrogens (primary N) is 1. The Balaban J connectivity index is 1.95. The summed E-state index contributed by atoms with van der Waals surface area (Å²) in [6.45, 7) is 0.704. The van der Waals surface area contributed by atoms with Crippen molar-refractivity contribution >= 4 is 5.97 Å². The topological polar surface area (TPSA) is 74.4 Å². The van der Waals surface area contributed by atoms with Gasteiger partial charge in [-0.25, -0.2) is 9.78 Å². The summed E-state index contributed by atoms with van der Waals surface area (Å²) in [6.07, 6.45) is 3.63. The number of ether oxygens (including phenoxy) is 2. The van der Waals surface area contributed by atoms with Crippen molar-refractivity contribution in [3.8, 4) is 5.88 Å². The van der Waals surface area contributed by atoms with Gasteiger partial charge in [-0.1, -0.05) is 0 Å². The minimum Gasteiger partial charge on any atom is -0.474 e. The standard InChI is InChI=1S/C12H16N2O3/c1-16-12(15)9-2-3-14-11(6-9)17-10-4-8(5-10)7-13/h2-3,6,8,10H,4-5,7,13H2,1H3. The molecule has 1 aliphatic rings. The molecule has 92 valence electrons. The van der Waals surface area contributed by atoms with Crippen molar-refractivity contribution in [3.63, 3.8) is 0 Å². The van der Waals surface area contributed by atoms with Crippen LogP contribution in [-0.2, 0) is 4.74 Å². The van der Waals surface area contributed by atoms with Crippen LogP contribution in [0.5, 0.6) is 5.88 Å². The van der Waals surface area contributed by atoms with Crippen LogP contribution in [0.1, 0.15) is 23.2 Å². The Hall–Kier alpha value is -1.62. The highest BCUT2D eigenvalue weighted by atomic mass is 16.5. The van der Waals surface area contributed by atoms with Gasteiger partial charge in [0, 0.05) is 12.3 Å². The van der Waals surface area contributed by atoms with Gasteiger partial charge in [0.05, 0.1) is 12.7 Å². The van der Waals surface area contributed by atoms with Crippen molar-refractivity contribution in [2.24, 2.45) is 11.7 Å². The van der Waals surface area contributed by atoms with Crippen molar-refractivity contribution in [3.05, 3.63) is 23.9 Å². The lowest BCUT2D eigenvalue weighted by Crippen LogP contribution is -2.37. The molecule has 1 aromatic rings. The van der Waals surface area contributed by atoms with E-state index in [9.17, 15) is 4.79 Å². The van der Waals surface area contributed by atoms with Crippen molar-refractivity contribution in [1.29, 1.82) is 0 Å². The van der Waals surface area contributed by atoms with Gasteiger partial charge in [0.15, 0.2) is 0 Å².